The van der Waals surface area contributed by atoms with Crippen molar-refractivity contribution in [2.75, 3.05) is 36.2 Å². The number of rotatable bonds is 8. The summed E-state index contributed by atoms with van der Waals surface area (Å²) >= 11 is 1.82. The highest BCUT2D eigenvalue weighted by molar-refractivity contribution is 7.98. The maximum atomic E-state index is 10.8. The molecule has 18 heavy (non-hydrogen) atoms. The Hall–Kier alpha value is -1.50. The summed E-state index contributed by atoms with van der Waals surface area (Å²) in [5.41, 5.74) is 0.0426. The fraction of sp³-hybridized carbons (Fsp3) is 0.545. The Morgan fingerprint density at radius 3 is 2.72 bits per heavy atom. The standard InChI is InChI=1S/C11H18N4O2S/c1-12-10-7-9(15(16)17)8-11(14-10)13-5-3-4-6-18-2/h7-8H,3-6H2,1-2H3,(H2,12,13,14). The average molecular weight is 270 g/mol. The van der Waals surface area contributed by atoms with Crippen LogP contribution < -0.4 is 10.6 Å². The van der Waals surface area contributed by atoms with Crippen LogP contribution in [0.4, 0.5) is 17.3 Å². The molecular formula is C11H18N4O2S. The second-order valence-corrected chi connectivity index (χ2v) is 4.72. The molecule has 1 aromatic rings. The van der Waals surface area contributed by atoms with E-state index in [-0.39, 0.29) is 5.69 Å². The molecule has 0 aliphatic carbocycles. The Morgan fingerprint density at radius 1 is 1.39 bits per heavy atom. The fourth-order valence-corrected chi connectivity index (χ4v) is 1.92. The first-order valence-electron chi connectivity index (χ1n) is 5.74. The summed E-state index contributed by atoms with van der Waals surface area (Å²) in [7, 11) is 1.69. The molecular weight excluding hydrogens is 252 g/mol. The molecule has 2 N–H and O–H groups in total. The normalized spacial score (nSPS) is 10.1. The Labute approximate surface area is 111 Å². The van der Waals surface area contributed by atoms with Gasteiger partial charge in [-0.2, -0.15) is 11.8 Å². The Balaban J connectivity index is 2.58. The van der Waals surface area contributed by atoms with Crippen LogP contribution in [0.2, 0.25) is 0 Å². The number of aromatic nitrogens is 1. The van der Waals surface area contributed by atoms with E-state index in [1.54, 1.807) is 7.05 Å². The highest BCUT2D eigenvalue weighted by Gasteiger charge is 2.10. The van der Waals surface area contributed by atoms with Crippen molar-refractivity contribution in [2.24, 2.45) is 0 Å². The molecule has 6 nitrogen and oxygen atoms in total. The van der Waals surface area contributed by atoms with E-state index in [4.69, 9.17) is 0 Å². The number of hydrogen-bond acceptors (Lipinski definition) is 6. The van der Waals surface area contributed by atoms with Crippen LogP contribution in [0.3, 0.4) is 0 Å². The first-order valence-corrected chi connectivity index (χ1v) is 7.13. The number of hydrogen-bond donors (Lipinski definition) is 2. The molecule has 7 heteroatoms. The molecule has 0 atom stereocenters. The van der Waals surface area contributed by atoms with E-state index >= 15 is 0 Å². The minimum atomic E-state index is -0.415. The molecule has 0 aliphatic heterocycles. The third-order valence-electron chi connectivity index (χ3n) is 2.36. The SMILES string of the molecule is CNc1cc([N+](=O)[O-])cc(NCCCCSC)n1. The molecule has 100 valence electrons. The summed E-state index contributed by atoms with van der Waals surface area (Å²) < 4.78 is 0. The number of thioether (sulfide) groups is 1. The van der Waals surface area contributed by atoms with E-state index in [0.29, 0.717) is 11.6 Å². The zero-order valence-electron chi connectivity index (χ0n) is 10.6. The smallest absolute Gasteiger partial charge is 0.276 e. The highest BCUT2D eigenvalue weighted by Crippen LogP contribution is 2.20. The van der Waals surface area contributed by atoms with Crippen LogP contribution in [0.25, 0.3) is 0 Å². The monoisotopic (exact) mass is 270 g/mol. The summed E-state index contributed by atoms with van der Waals surface area (Å²) in [4.78, 5) is 14.6. The third-order valence-corrected chi connectivity index (χ3v) is 3.06. The average Bonchev–Trinajstić information content (AvgIpc) is 2.38. The lowest BCUT2D eigenvalue weighted by Crippen LogP contribution is -2.06. The number of nitro groups is 1. The predicted molar refractivity (Wildman–Crippen MR) is 76.5 cm³/mol. The second kappa shape index (κ2) is 7.75. The molecule has 0 unspecified atom stereocenters. The first-order chi connectivity index (χ1) is 8.67. The van der Waals surface area contributed by atoms with Crippen molar-refractivity contribution in [1.29, 1.82) is 0 Å². The molecule has 0 fully saturated rings. The van der Waals surface area contributed by atoms with Gasteiger partial charge < -0.3 is 10.6 Å². The maximum absolute atomic E-state index is 10.8. The quantitative estimate of drug-likeness (QED) is 0.429. The van der Waals surface area contributed by atoms with Crippen molar-refractivity contribution in [1.82, 2.24) is 4.98 Å². The van der Waals surface area contributed by atoms with E-state index in [1.807, 2.05) is 11.8 Å². The van der Waals surface area contributed by atoms with Crippen LogP contribution in [0.1, 0.15) is 12.8 Å². The van der Waals surface area contributed by atoms with E-state index in [1.165, 1.54) is 12.1 Å². The van der Waals surface area contributed by atoms with Gasteiger partial charge in [0.15, 0.2) is 0 Å². The predicted octanol–water partition coefficient (Wildman–Crippen LogP) is 2.59. The van der Waals surface area contributed by atoms with Crippen LogP contribution in [-0.4, -0.2) is 35.5 Å². The molecule has 1 heterocycles. The van der Waals surface area contributed by atoms with E-state index < -0.39 is 4.92 Å². The molecule has 0 radical (unpaired) electrons. The molecule has 0 saturated heterocycles. The molecule has 1 aromatic heterocycles. The van der Waals surface area contributed by atoms with Crippen molar-refractivity contribution < 1.29 is 4.92 Å². The van der Waals surface area contributed by atoms with Crippen molar-refractivity contribution >= 4 is 29.1 Å². The van der Waals surface area contributed by atoms with E-state index in [2.05, 4.69) is 21.9 Å². The van der Waals surface area contributed by atoms with Gasteiger partial charge in [-0.25, -0.2) is 4.98 Å². The lowest BCUT2D eigenvalue weighted by Gasteiger charge is -2.07. The summed E-state index contributed by atoms with van der Waals surface area (Å²) in [5, 5.41) is 16.7. The molecule has 0 saturated carbocycles. The maximum Gasteiger partial charge on any atom is 0.276 e. The first kappa shape index (κ1) is 14.6. The van der Waals surface area contributed by atoms with Gasteiger partial charge in [0.2, 0.25) is 0 Å². The van der Waals surface area contributed by atoms with E-state index in [9.17, 15) is 10.1 Å². The lowest BCUT2D eigenvalue weighted by atomic mass is 10.3. The number of nitrogens with one attached hydrogen (secondary N) is 2. The van der Waals surface area contributed by atoms with Gasteiger partial charge in [-0.3, -0.25) is 10.1 Å². The lowest BCUT2D eigenvalue weighted by molar-refractivity contribution is -0.384. The zero-order valence-corrected chi connectivity index (χ0v) is 11.4. The largest absolute Gasteiger partial charge is 0.373 e. The zero-order chi connectivity index (χ0) is 13.4. The second-order valence-electron chi connectivity index (χ2n) is 3.73. The molecule has 0 aliphatic rings. The third kappa shape index (κ3) is 4.79. The van der Waals surface area contributed by atoms with Crippen LogP contribution in [0.5, 0.6) is 0 Å². The number of anilines is 2. The summed E-state index contributed by atoms with van der Waals surface area (Å²) in [5.74, 6) is 2.17. The van der Waals surface area contributed by atoms with Crippen LogP contribution in [-0.2, 0) is 0 Å². The van der Waals surface area contributed by atoms with Crippen molar-refractivity contribution in [3.05, 3.63) is 22.2 Å². The minimum Gasteiger partial charge on any atom is -0.373 e. The summed E-state index contributed by atoms with van der Waals surface area (Å²) in [6, 6.07) is 2.87. The van der Waals surface area contributed by atoms with Gasteiger partial charge in [-0.15, -0.1) is 0 Å². The van der Waals surface area contributed by atoms with Gasteiger partial charge in [0.05, 0.1) is 17.1 Å². The molecule has 0 spiro atoms. The van der Waals surface area contributed by atoms with Crippen molar-refractivity contribution in [3.63, 3.8) is 0 Å². The fourth-order valence-electron chi connectivity index (χ4n) is 1.43. The topological polar surface area (TPSA) is 80.1 Å². The van der Waals surface area contributed by atoms with Crippen molar-refractivity contribution in [2.45, 2.75) is 12.8 Å². The van der Waals surface area contributed by atoms with Crippen LogP contribution >= 0.6 is 11.8 Å². The van der Waals surface area contributed by atoms with Crippen LogP contribution in [0, 0.1) is 10.1 Å². The Bertz CT molecular complexity index is 401. The van der Waals surface area contributed by atoms with Gasteiger partial charge in [-0.1, -0.05) is 0 Å². The number of nitrogens with zero attached hydrogens (tertiary/aromatic N) is 2. The van der Waals surface area contributed by atoms with Gasteiger partial charge in [0.1, 0.15) is 11.6 Å². The van der Waals surface area contributed by atoms with Gasteiger partial charge in [-0.05, 0) is 24.9 Å². The van der Waals surface area contributed by atoms with Gasteiger partial charge >= 0.3 is 0 Å². The van der Waals surface area contributed by atoms with Crippen LogP contribution in [0.15, 0.2) is 12.1 Å². The van der Waals surface area contributed by atoms with Gasteiger partial charge in [0, 0.05) is 13.6 Å². The summed E-state index contributed by atoms with van der Waals surface area (Å²) in [6.45, 7) is 0.776. The van der Waals surface area contributed by atoms with Crippen molar-refractivity contribution in [3.8, 4) is 0 Å². The molecule has 0 bridgehead atoms. The van der Waals surface area contributed by atoms with Gasteiger partial charge in [0.25, 0.3) is 5.69 Å². The summed E-state index contributed by atoms with van der Waals surface area (Å²) in [6.07, 6.45) is 4.23. The molecule has 1 rings (SSSR count). The Kier molecular flexibility index (Phi) is 6.27. The minimum absolute atomic E-state index is 0.0426. The van der Waals surface area contributed by atoms with E-state index in [0.717, 1.165) is 25.1 Å². The number of unbranched alkanes of at least 4 members (excludes halogenated alkanes) is 1. The number of pyridine rings is 1. The highest BCUT2D eigenvalue weighted by atomic mass is 32.2. The Morgan fingerprint density at radius 2 is 2.11 bits per heavy atom. The molecule has 0 amide bonds. The molecule has 0 aromatic carbocycles.